The number of carbonyl (C=O) groups is 1. The highest BCUT2D eigenvalue weighted by atomic mass is 32.1. The summed E-state index contributed by atoms with van der Waals surface area (Å²) in [6, 6.07) is 15.1. The largest absolute Gasteiger partial charge is 0.486 e. The van der Waals surface area contributed by atoms with Crippen LogP contribution in [0.1, 0.15) is 4.88 Å². The van der Waals surface area contributed by atoms with Crippen LogP contribution in [-0.2, 0) is 17.9 Å². The van der Waals surface area contributed by atoms with Gasteiger partial charge in [-0.1, -0.05) is 6.07 Å². The molecule has 1 amide bonds. The highest BCUT2D eigenvalue weighted by molar-refractivity contribution is 7.09. The van der Waals surface area contributed by atoms with Crippen LogP contribution in [0.5, 0.6) is 11.5 Å². The zero-order valence-corrected chi connectivity index (χ0v) is 17.7. The molecule has 32 heavy (non-hydrogen) atoms. The molecule has 0 radical (unpaired) electrons. The number of tetrazole rings is 1. The molecule has 10 heteroatoms. The average Bonchev–Trinajstić information content (AvgIpc) is 3.50. The van der Waals surface area contributed by atoms with Crippen molar-refractivity contribution in [2.75, 3.05) is 18.1 Å². The smallest absolute Gasteiger partial charge is 0.250 e. The number of hydrogen-bond acceptors (Lipinski definition) is 7. The summed E-state index contributed by atoms with van der Waals surface area (Å²) in [6.07, 6.45) is 0. The molecule has 1 aliphatic rings. The van der Waals surface area contributed by atoms with Crippen LogP contribution in [0, 0.1) is 5.82 Å². The summed E-state index contributed by atoms with van der Waals surface area (Å²) < 4.78 is 24.4. The molecule has 0 saturated heterocycles. The van der Waals surface area contributed by atoms with E-state index in [-0.39, 0.29) is 18.3 Å². The molecule has 3 heterocycles. The molecule has 2 aromatic carbocycles. The van der Waals surface area contributed by atoms with E-state index in [1.165, 1.54) is 16.9 Å². The van der Waals surface area contributed by atoms with E-state index in [0.717, 1.165) is 4.88 Å². The number of thiophene rings is 1. The third-order valence-corrected chi connectivity index (χ3v) is 5.73. The molecule has 0 unspecified atom stereocenters. The lowest BCUT2D eigenvalue weighted by Crippen LogP contribution is -2.34. The van der Waals surface area contributed by atoms with Crippen LogP contribution in [0.3, 0.4) is 0 Å². The maximum absolute atomic E-state index is 13.3. The minimum absolute atomic E-state index is 0.103. The van der Waals surface area contributed by atoms with Gasteiger partial charge in [-0.05, 0) is 53.1 Å². The lowest BCUT2D eigenvalue weighted by Gasteiger charge is -2.25. The summed E-state index contributed by atoms with van der Waals surface area (Å²) in [5.74, 6) is 1.03. The van der Waals surface area contributed by atoms with Gasteiger partial charge in [-0.3, -0.25) is 4.79 Å². The molecule has 0 saturated carbocycles. The highest BCUT2D eigenvalue weighted by Crippen LogP contribution is 2.34. The molecule has 0 bridgehead atoms. The topological polar surface area (TPSA) is 82.4 Å². The van der Waals surface area contributed by atoms with Gasteiger partial charge in [0.05, 0.1) is 6.54 Å². The van der Waals surface area contributed by atoms with Crippen LogP contribution < -0.4 is 14.4 Å². The van der Waals surface area contributed by atoms with Gasteiger partial charge in [-0.2, -0.15) is 4.80 Å². The Kier molecular flexibility index (Phi) is 5.51. The van der Waals surface area contributed by atoms with Crippen molar-refractivity contribution in [3.63, 3.8) is 0 Å². The quantitative estimate of drug-likeness (QED) is 0.446. The van der Waals surface area contributed by atoms with Gasteiger partial charge in [0.1, 0.15) is 25.6 Å². The molecule has 4 aromatic rings. The Hall–Kier alpha value is -3.79. The summed E-state index contributed by atoms with van der Waals surface area (Å²) in [7, 11) is 0. The molecule has 0 fully saturated rings. The third-order valence-electron chi connectivity index (χ3n) is 4.86. The van der Waals surface area contributed by atoms with E-state index in [9.17, 15) is 9.18 Å². The maximum Gasteiger partial charge on any atom is 0.250 e. The monoisotopic (exact) mass is 451 g/mol. The Morgan fingerprint density at radius 1 is 1.09 bits per heavy atom. The van der Waals surface area contributed by atoms with Gasteiger partial charge in [0.2, 0.25) is 5.82 Å². The number of fused-ring (bicyclic) bond motifs is 1. The lowest BCUT2D eigenvalue weighted by molar-refractivity contribution is -0.119. The van der Waals surface area contributed by atoms with Crippen molar-refractivity contribution in [1.82, 2.24) is 20.2 Å². The number of rotatable bonds is 6. The fraction of sp³-hybridized carbons (Fsp3) is 0.182. The van der Waals surface area contributed by atoms with E-state index in [4.69, 9.17) is 9.47 Å². The van der Waals surface area contributed by atoms with Gasteiger partial charge in [-0.15, -0.1) is 21.5 Å². The first kappa shape index (κ1) is 20.1. The Morgan fingerprint density at radius 2 is 1.91 bits per heavy atom. The standard InChI is InChI=1S/C22H18FN5O3S/c23-16-5-3-15(4-6-16)22-24-26-28(25-22)14-21(29)27(13-18-2-1-11-32-18)17-7-8-19-20(12-17)31-10-9-30-19/h1-8,11-12H,9-10,13-14H2. The summed E-state index contributed by atoms with van der Waals surface area (Å²) in [5.41, 5.74) is 1.30. The zero-order chi connectivity index (χ0) is 21.9. The van der Waals surface area contributed by atoms with Gasteiger partial charge in [0, 0.05) is 22.2 Å². The fourth-order valence-electron chi connectivity index (χ4n) is 3.31. The van der Waals surface area contributed by atoms with E-state index in [0.29, 0.717) is 48.3 Å². The number of aromatic nitrogens is 4. The van der Waals surface area contributed by atoms with E-state index >= 15 is 0 Å². The number of amides is 1. The molecule has 8 nitrogen and oxygen atoms in total. The van der Waals surface area contributed by atoms with E-state index in [1.807, 2.05) is 23.6 Å². The van der Waals surface area contributed by atoms with Gasteiger partial charge >= 0.3 is 0 Å². The average molecular weight is 451 g/mol. The van der Waals surface area contributed by atoms with E-state index in [2.05, 4.69) is 15.4 Å². The van der Waals surface area contributed by atoms with Crippen molar-refractivity contribution in [1.29, 1.82) is 0 Å². The summed E-state index contributed by atoms with van der Waals surface area (Å²) in [6.45, 7) is 1.26. The third kappa shape index (κ3) is 4.30. The van der Waals surface area contributed by atoms with Gasteiger partial charge in [0.25, 0.3) is 5.91 Å². The summed E-state index contributed by atoms with van der Waals surface area (Å²) >= 11 is 1.57. The number of benzene rings is 2. The van der Waals surface area contributed by atoms with Crippen LogP contribution in [0.25, 0.3) is 11.4 Å². The lowest BCUT2D eigenvalue weighted by atomic mass is 10.2. The predicted molar refractivity (Wildman–Crippen MR) is 116 cm³/mol. The van der Waals surface area contributed by atoms with Crippen molar-refractivity contribution < 1.29 is 18.7 Å². The molecule has 162 valence electrons. The number of hydrogen-bond donors (Lipinski definition) is 0. The Morgan fingerprint density at radius 3 is 2.69 bits per heavy atom. The number of halogens is 1. The van der Waals surface area contributed by atoms with Crippen LogP contribution in [0.2, 0.25) is 0 Å². The normalized spacial score (nSPS) is 12.5. The first-order valence-corrected chi connectivity index (χ1v) is 10.8. The van der Waals surface area contributed by atoms with Crippen LogP contribution >= 0.6 is 11.3 Å². The molecule has 0 atom stereocenters. The molecule has 0 spiro atoms. The first-order valence-electron chi connectivity index (χ1n) is 9.92. The number of ether oxygens (including phenoxy) is 2. The second-order valence-electron chi connectivity index (χ2n) is 7.04. The molecular formula is C22H18FN5O3S. The van der Waals surface area contributed by atoms with Gasteiger partial charge in [0.15, 0.2) is 11.5 Å². The Balaban J connectivity index is 1.39. The number of nitrogens with zero attached hydrogens (tertiary/aromatic N) is 5. The van der Waals surface area contributed by atoms with Crippen molar-refractivity contribution in [2.24, 2.45) is 0 Å². The van der Waals surface area contributed by atoms with Crippen molar-refractivity contribution in [3.8, 4) is 22.9 Å². The maximum atomic E-state index is 13.3. The van der Waals surface area contributed by atoms with Gasteiger partial charge < -0.3 is 14.4 Å². The Labute approximate surface area is 186 Å². The van der Waals surface area contributed by atoms with E-state index in [1.54, 1.807) is 40.5 Å². The SMILES string of the molecule is O=C(Cn1nnc(-c2ccc(F)cc2)n1)N(Cc1cccs1)c1ccc2c(c1)OCCO2. The molecule has 0 aliphatic carbocycles. The minimum atomic E-state index is -0.347. The highest BCUT2D eigenvalue weighted by Gasteiger charge is 2.22. The molecule has 0 N–H and O–H groups in total. The van der Waals surface area contributed by atoms with Gasteiger partial charge in [-0.25, -0.2) is 4.39 Å². The number of anilines is 1. The fourth-order valence-corrected chi connectivity index (χ4v) is 4.01. The second kappa shape index (κ2) is 8.75. The first-order chi connectivity index (χ1) is 15.7. The molecule has 2 aromatic heterocycles. The van der Waals surface area contributed by atoms with Crippen LogP contribution in [0.15, 0.2) is 60.0 Å². The van der Waals surface area contributed by atoms with E-state index < -0.39 is 0 Å². The van der Waals surface area contributed by atoms with Crippen molar-refractivity contribution in [3.05, 3.63) is 70.7 Å². The summed E-state index contributed by atoms with van der Waals surface area (Å²) in [4.78, 5) is 17.2. The molecular weight excluding hydrogens is 433 g/mol. The number of carbonyl (C=O) groups excluding carboxylic acids is 1. The second-order valence-corrected chi connectivity index (χ2v) is 8.07. The van der Waals surface area contributed by atoms with Crippen LogP contribution in [0.4, 0.5) is 10.1 Å². The van der Waals surface area contributed by atoms with Crippen molar-refractivity contribution >= 4 is 22.9 Å². The predicted octanol–water partition coefficient (Wildman–Crippen LogP) is 3.55. The van der Waals surface area contributed by atoms with Crippen LogP contribution in [-0.4, -0.2) is 39.3 Å². The molecule has 1 aliphatic heterocycles. The molecule has 5 rings (SSSR count). The Bertz CT molecular complexity index is 1230. The summed E-state index contributed by atoms with van der Waals surface area (Å²) in [5, 5.41) is 14.2. The van der Waals surface area contributed by atoms with Crippen molar-refractivity contribution in [2.45, 2.75) is 13.1 Å². The minimum Gasteiger partial charge on any atom is -0.486 e. The zero-order valence-electron chi connectivity index (χ0n) is 16.8.